The number of benzene rings is 3. The lowest BCUT2D eigenvalue weighted by atomic mass is 10.2. The number of carbonyl (C=O) groups is 1. The van der Waals surface area contributed by atoms with Crippen LogP contribution in [0.25, 0.3) is 0 Å². The number of aryl methyl sites for hydroxylation is 1. The van der Waals surface area contributed by atoms with Gasteiger partial charge in [-0.05, 0) is 43.7 Å². The first-order chi connectivity index (χ1) is 15.5. The van der Waals surface area contributed by atoms with Crippen molar-refractivity contribution < 1.29 is 19.1 Å². The third kappa shape index (κ3) is 7.03. The minimum absolute atomic E-state index is 0.214. The largest absolute Gasteiger partial charge is 0.490 e. The van der Waals surface area contributed by atoms with Crippen LogP contribution in [0.1, 0.15) is 23.6 Å². The van der Waals surface area contributed by atoms with E-state index in [1.165, 1.54) is 6.21 Å². The van der Waals surface area contributed by atoms with E-state index in [9.17, 15) is 4.79 Å². The predicted octanol–water partition coefficient (Wildman–Crippen LogP) is 5.62. The summed E-state index contributed by atoms with van der Waals surface area (Å²) in [4.78, 5) is 17.1. The van der Waals surface area contributed by atoms with Crippen LogP contribution in [0, 0.1) is 6.92 Å². The van der Waals surface area contributed by atoms with E-state index in [0.29, 0.717) is 41.0 Å². The number of nitrogens with zero attached hydrogens (tertiary/aromatic N) is 1. The maximum Gasteiger partial charge on any atom is 0.265 e. The van der Waals surface area contributed by atoms with Gasteiger partial charge in [0, 0.05) is 11.3 Å². The standard InChI is InChI=1S/C25H25ClN2O4/c1-3-30-23-14-20(13-22(26)25(23)31-16-19-7-5-4-6-8-19)15-27-32-17-24(29)28-21-11-9-18(2)10-12-21/h4-15H,3,16-17H2,1-2H3,(H,28,29). The molecule has 0 saturated heterocycles. The molecule has 0 heterocycles. The van der Waals surface area contributed by atoms with Crippen LogP contribution in [0.5, 0.6) is 11.5 Å². The van der Waals surface area contributed by atoms with Crippen molar-refractivity contribution in [1.29, 1.82) is 0 Å². The van der Waals surface area contributed by atoms with Crippen molar-refractivity contribution in [1.82, 2.24) is 0 Å². The summed E-state index contributed by atoms with van der Waals surface area (Å²) in [6.07, 6.45) is 1.47. The first kappa shape index (κ1) is 23.2. The average Bonchev–Trinajstić information content (AvgIpc) is 2.79. The van der Waals surface area contributed by atoms with Gasteiger partial charge in [-0.25, -0.2) is 0 Å². The highest BCUT2D eigenvalue weighted by molar-refractivity contribution is 6.32. The van der Waals surface area contributed by atoms with Crippen LogP contribution < -0.4 is 14.8 Å². The molecule has 3 aromatic carbocycles. The topological polar surface area (TPSA) is 69.2 Å². The van der Waals surface area contributed by atoms with E-state index in [2.05, 4.69) is 10.5 Å². The normalized spacial score (nSPS) is 10.7. The van der Waals surface area contributed by atoms with Crippen LogP contribution in [0.15, 0.2) is 71.9 Å². The molecule has 166 valence electrons. The van der Waals surface area contributed by atoms with Gasteiger partial charge < -0.3 is 19.6 Å². The molecule has 0 aliphatic rings. The molecule has 0 aromatic heterocycles. The number of hydrogen-bond donors (Lipinski definition) is 1. The molecule has 7 heteroatoms. The molecule has 0 unspecified atom stereocenters. The Hall–Kier alpha value is -3.51. The SMILES string of the molecule is CCOc1cc(C=NOCC(=O)Nc2ccc(C)cc2)cc(Cl)c1OCc1ccccc1. The number of halogens is 1. The Bertz CT molecular complexity index is 1050. The number of carbonyl (C=O) groups excluding carboxylic acids is 1. The molecule has 1 N–H and O–H groups in total. The Morgan fingerprint density at radius 2 is 1.81 bits per heavy atom. The minimum Gasteiger partial charge on any atom is -0.490 e. The van der Waals surface area contributed by atoms with Gasteiger partial charge in [-0.1, -0.05) is 64.8 Å². The highest BCUT2D eigenvalue weighted by Gasteiger charge is 2.13. The van der Waals surface area contributed by atoms with Gasteiger partial charge in [-0.2, -0.15) is 0 Å². The van der Waals surface area contributed by atoms with E-state index < -0.39 is 0 Å². The Morgan fingerprint density at radius 1 is 1.06 bits per heavy atom. The van der Waals surface area contributed by atoms with Crippen LogP contribution in [0.4, 0.5) is 5.69 Å². The Balaban J connectivity index is 1.58. The molecule has 1 amide bonds. The zero-order valence-electron chi connectivity index (χ0n) is 18.0. The molecular formula is C25H25ClN2O4. The van der Waals surface area contributed by atoms with E-state index in [4.69, 9.17) is 25.9 Å². The van der Waals surface area contributed by atoms with Crippen LogP contribution in [-0.4, -0.2) is 25.3 Å². The fraction of sp³-hybridized carbons (Fsp3) is 0.200. The quantitative estimate of drug-likeness (QED) is 0.320. The molecular weight excluding hydrogens is 428 g/mol. The summed E-state index contributed by atoms with van der Waals surface area (Å²) in [5.74, 6) is 0.672. The van der Waals surface area contributed by atoms with Crippen molar-refractivity contribution in [2.75, 3.05) is 18.5 Å². The van der Waals surface area contributed by atoms with Gasteiger partial charge in [0.15, 0.2) is 18.1 Å². The van der Waals surface area contributed by atoms with Crippen molar-refractivity contribution >= 4 is 29.4 Å². The third-order valence-corrected chi connectivity index (χ3v) is 4.65. The molecule has 0 saturated carbocycles. The molecule has 6 nitrogen and oxygen atoms in total. The smallest absolute Gasteiger partial charge is 0.265 e. The van der Waals surface area contributed by atoms with Crippen molar-refractivity contribution in [2.24, 2.45) is 5.16 Å². The Kier molecular flexibility index (Phi) is 8.52. The second kappa shape index (κ2) is 11.8. The van der Waals surface area contributed by atoms with Crippen molar-refractivity contribution in [3.63, 3.8) is 0 Å². The highest BCUT2D eigenvalue weighted by atomic mass is 35.5. The zero-order chi connectivity index (χ0) is 22.8. The van der Waals surface area contributed by atoms with Gasteiger partial charge >= 0.3 is 0 Å². The summed E-state index contributed by atoms with van der Waals surface area (Å²) in [5.41, 5.74) is 3.50. The van der Waals surface area contributed by atoms with Crippen LogP contribution in [0.2, 0.25) is 5.02 Å². The van der Waals surface area contributed by atoms with Gasteiger partial charge in [0.1, 0.15) is 6.61 Å². The van der Waals surface area contributed by atoms with E-state index in [1.807, 2.05) is 68.4 Å². The molecule has 0 aliphatic carbocycles. The molecule has 32 heavy (non-hydrogen) atoms. The second-order valence-electron chi connectivity index (χ2n) is 6.96. The summed E-state index contributed by atoms with van der Waals surface area (Å²) in [6, 6.07) is 20.7. The monoisotopic (exact) mass is 452 g/mol. The number of amides is 1. The third-order valence-electron chi connectivity index (χ3n) is 4.36. The summed E-state index contributed by atoms with van der Waals surface area (Å²) >= 11 is 6.43. The summed E-state index contributed by atoms with van der Waals surface area (Å²) in [5, 5.41) is 7.00. The van der Waals surface area contributed by atoms with Gasteiger partial charge in [0.2, 0.25) is 0 Å². The molecule has 0 aliphatic heterocycles. The number of anilines is 1. The fourth-order valence-electron chi connectivity index (χ4n) is 2.82. The van der Waals surface area contributed by atoms with Crippen molar-refractivity contribution in [3.05, 3.63) is 88.4 Å². The summed E-state index contributed by atoms with van der Waals surface area (Å²) < 4.78 is 11.6. The summed E-state index contributed by atoms with van der Waals surface area (Å²) in [7, 11) is 0. The van der Waals surface area contributed by atoms with E-state index >= 15 is 0 Å². The van der Waals surface area contributed by atoms with Crippen LogP contribution in [-0.2, 0) is 16.2 Å². The lowest BCUT2D eigenvalue weighted by Crippen LogP contribution is -2.16. The van der Waals surface area contributed by atoms with Crippen LogP contribution >= 0.6 is 11.6 Å². The minimum atomic E-state index is -0.302. The molecule has 3 aromatic rings. The van der Waals surface area contributed by atoms with Crippen molar-refractivity contribution in [2.45, 2.75) is 20.5 Å². The number of nitrogens with one attached hydrogen (secondary N) is 1. The predicted molar refractivity (Wildman–Crippen MR) is 127 cm³/mol. The number of oxime groups is 1. The maximum absolute atomic E-state index is 12.0. The zero-order valence-corrected chi connectivity index (χ0v) is 18.8. The van der Waals surface area contributed by atoms with E-state index in [0.717, 1.165) is 11.1 Å². The number of hydrogen-bond acceptors (Lipinski definition) is 5. The number of rotatable bonds is 10. The lowest BCUT2D eigenvalue weighted by Gasteiger charge is -2.14. The maximum atomic E-state index is 12.0. The number of ether oxygens (including phenoxy) is 2. The first-order valence-electron chi connectivity index (χ1n) is 10.2. The van der Waals surface area contributed by atoms with Gasteiger partial charge in [-0.15, -0.1) is 0 Å². The van der Waals surface area contributed by atoms with Gasteiger partial charge in [0.05, 0.1) is 17.8 Å². The molecule has 3 rings (SSSR count). The van der Waals surface area contributed by atoms with E-state index in [-0.39, 0.29) is 12.5 Å². The molecule has 0 fully saturated rings. The van der Waals surface area contributed by atoms with Gasteiger partial charge in [-0.3, -0.25) is 4.79 Å². The Morgan fingerprint density at radius 3 is 2.53 bits per heavy atom. The van der Waals surface area contributed by atoms with Gasteiger partial charge in [0.25, 0.3) is 5.91 Å². The second-order valence-corrected chi connectivity index (χ2v) is 7.37. The lowest BCUT2D eigenvalue weighted by molar-refractivity contribution is -0.120. The molecule has 0 bridgehead atoms. The Labute approximate surface area is 192 Å². The first-order valence-corrected chi connectivity index (χ1v) is 10.6. The van der Waals surface area contributed by atoms with Crippen LogP contribution in [0.3, 0.4) is 0 Å². The van der Waals surface area contributed by atoms with Crippen molar-refractivity contribution in [3.8, 4) is 11.5 Å². The average molecular weight is 453 g/mol. The highest BCUT2D eigenvalue weighted by Crippen LogP contribution is 2.37. The fourth-order valence-corrected chi connectivity index (χ4v) is 3.10. The van der Waals surface area contributed by atoms with E-state index in [1.54, 1.807) is 12.1 Å². The molecule has 0 atom stereocenters. The molecule has 0 radical (unpaired) electrons. The molecule has 0 spiro atoms. The summed E-state index contributed by atoms with van der Waals surface area (Å²) in [6.45, 7) is 4.47.